The minimum atomic E-state index is -1.08. The maximum Gasteiger partial charge on any atom is 0.123 e. The Morgan fingerprint density at radius 2 is 2.12 bits per heavy atom. The summed E-state index contributed by atoms with van der Waals surface area (Å²) in [5, 5.41) is 0. The number of aryl methyl sites for hydroxylation is 1. The van der Waals surface area contributed by atoms with Crippen molar-refractivity contribution in [1.29, 1.82) is 0 Å². The van der Waals surface area contributed by atoms with Crippen molar-refractivity contribution in [3.63, 3.8) is 0 Å². The highest BCUT2D eigenvalue weighted by atomic mass is 32.2. The Balaban J connectivity index is 2.15. The molecule has 0 heterocycles. The number of benzene rings is 1. The van der Waals surface area contributed by atoms with E-state index < -0.39 is 11.0 Å². The van der Waals surface area contributed by atoms with E-state index in [-0.39, 0.29) is 16.6 Å². The average molecular weight is 255 g/mol. The van der Waals surface area contributed by atoms with Crippen molar-refractivity contribution >= 4 is 11.0 Å². The van der Waals surface area contributed by atoms with Gasteiger partial charge in [-0.3, -0.25) is 0 Å². The Bertz CT molecular complexity index is 453. The Labute approximate surface area is 104 Å². The molecule has 0 bridgehead atoms. The number of nitrogens with one attached hydrogen (secondary N) is 1. The van der Waals surface area contributed by atoms with Gasteiger partial charge in [-0.15, -0.1) is 0 Å². The molecule has 0 amide bonds. The predicted octanol–water partition coefficient (Wildman–Crippen LogP) is 2.86. The van der Waals surface area contributed by atoms with Gasteiger partial charge in [-0.25, -0.2) is 13.3 Å². The molecule has 4 heteroatoms. The van der Waals surface area contributed by atoms with E-state index in [1.807, 2.05) is 20.8 Å². The van der Waals surface area contributed by atoms with E-state index in [1.165, 1.54) is 6.07 Å². The molecule has 0 fully saturated rings. The van der Waals surface area contributed by atoms with Crippen molar-refractivity contribution in [3.8, 4) is 0 Å². The Morgan fingerprint density at radius 1 is 1.41 bits per heavy atom. The van der Waals surface area contributed by atoms with Gasteiger partial charge in [-0.1, -0.05) is 6.07 Å². The molecule has 2 nitrogen and oxygen atoms in total. The van der Waals surface area contributed by atoms with E-state index in [2.05, 4.69) is 4.72 Å². The van der Waals surface area contributed by atoms with Crippen LogP contribution in [0.25, 0.3) is 0 Å². The third-order valence-electron chi connectivity index (χ3n) is 2.99. The standard InChI is InChI=1S/C13H18FNOS/c1-13(2,3)17(16)15-12-7-4-9-8-10(14)5-6-11(9)12/h5-6,8,12,15H,4,7H2,1-3H3/t12-,17-/m0/s1. The van der Waals surface area contributed by atoms with E-state index in [0.717, 1.165) is 24.0 Å². The highest BCUT2D eigenvalue weighted by molar-refractivity contribution is 7.84. The zero-order valence-corrected chi connectivity index (χ0v) is 11.2. The minimum absolute atomic E-state index is 0.0886. The molecule has 94 valence electrons. The van der Waals surface area contributed by atoms with Gasteiger partial charge in [0.15, 0.2) is 0 Å². The molecule has 0 aliphatic heterocycles. The SMILES string of the molecule is CC(C)(C)[S@](=O)N[C@H]1CCc2cc(F)ccc21. The molecular weight excluding hydrogens is 237 g/mol. The lowest BCUT2D eigenvalue weighted by molar-refractivity contribution is 0.595. The summed E-state index contributed by atoms with van der Waals surface area (Å²) in [6, 6.07) is 4.94. The molecule has 0 unspecified atom stereocenters. The summed E-state index contributed by atoms with van der Waals surface area (Å²) in [7, 11) is -1.08. The molecule has 2 rings (SSSR count). The normalized spacial score (nSPS) is 21.3. The monoisotopic (exact) mass is 255 g/mol. The first-order valence-electron chi connectivity index (χ1n) is 5.84. The van der Waals surface area contributed by atoms with Crippen LogP contribution >= 0.6 is 0 Å². The largest absolute Gasteiger partial charge is 0.242 e. The molecule has 1 aromatic rings. The van der Waals surface area contributed by atoms with E-state index in [0.29, 0.717) is 0 Å². The molecule has 1 aliphatic carbocycles. The number of rotatable bonds is 2. The van der Waals surface area contributed by atoms with Crippen LogP contribution in [-0.4, -0.2) is 8.96 Å². The van der Waals surface area contributed by atoms with Crippen molar-refractivity contribution in [2.45, 2.75) is 44.4 Å². The maximum absolute atomic E-state index is 13.1. The zero-order valence-electron chi connectivity index (χ0n) is 10.4. The molecular formula is C13H18FNOS. The van der Waals surface area contributed by atoms with Gasteiger partial charge in [-0.05, 0) is 56.9 Å². The number of halogens is 1. The summed E-state index contributed by atoms with van der Waals surface area (Å²) in [5.41, 5.74) is 2.12. The molecule has 0 saturated carbocycles. The second kappa shape index (κ2) is 4.50. The van der Waals surface area contributed by atoms with Gasteiger partial charge in [-0.2, -0.15) is 0 Å². The second-order valence-corrected chi connectivity index (χ2v) is 7.43. The molecule has 1 aliphatic rings. The molecule has 0 spiro atoms. The highest BCUT2D eigenvalue weighted by Gasteiger charge is 2.28. The quantitative estimate of drug-likeness (QED) is 0.865. The van der Waals surface area contributed by atoms with Crippen LogP contribution in [0.2, 0.25) is 0 Å². The van der Waals surface area contributed by atoms with E-state index in [1.54, 1.807) is 12.1 Å². The molecule has 2 atom stereocenters. The zero-order chi connectivity index (χ0) is 12.6. The summed E-state index contributed by atoms with van der Waals surface area (Å²) in [6.45, 7) is 5.82. The van der Waals surface area contributed by atoms with E-state index in [9.17, 15) is 8.60 Å². The van der Waals surface area contributed by atoms with Gasteiger partial charge in [0.2, 0.25) is 0 Å². The third kappa shape index (κ3) is 2.75. The van der Waals surface area contributed by atoms with Crippen LogP contribution in [0.1, 0.15) is 44.4 Å². The van der Waals surface area contributed by atoms with Gasteiger partial charge >= 0.3 is 0 Å². The Hall–Kier alpha value is -0.740. The molecule has 0 aromatic heterocycles. The molecule has 1 aromatic carbocycles. The highest BCUT2D eigenvalue weighted by Crippen LogP contribution is 2.32. The van der Waals surface area contributed by atoms with E-state index >= 15 is 0 Å². The molecule has 1 N–H and O–H groups in total. The topological polar surface area (TPSA) is 29.1 Å². The lowest BCUT2D eigenvalue weighted by Crippen LogP contribution is -2.35. The van der Waals surface area contributed by atoms with Gasteiger partial charge in [0, 0.05) is 6.04 Å². The summed E-state index contributed by atoms with van der Waals surface area (Å²) >= 11 is 0. The number of fused-ring (bicyclic) bond motifs is 1. The summed E-state index contributed by atoms with van der Waals surface area (Å²) < 4.78 is 28.0. The first-order valence-corrected chi connectivity index (χ1v) is 6.99. The average Bonchev–Trinajstić information content (AvgIpc) is 2.59. The predicted molar refractivity (Wildman–Crippen MR) is 68.5 cm³/mol. The number of hydrogen-bond acceptors (Lipinski definition) is 1. The Kier molecular flexibility index (Phi) is 3.36. The first-order chi connectivity index (χ1) is 7.88. The van der Waals surface area contributed by atoms with Crippen LogP contribution in [0, 0.1) is 5.82 Å². The van der Waals surface area contributed by atoms with E-state index in [4.69, 9.17) is 0 Å². The lowest BCUT2D eigenvalue weighted by atomic mass is 10.1. The lowest BCUT2D eigenvalue weighted by Gasteiger charge is -2.22. The molecule has 17 heavy (non-hydrogen) atoms. The van der Waals surface area contributed by atoms with Crippen LogP contribution in [-0.2, 0) is 17.4 Å². The summed E-state index contributed by atoms with van der Waals surface area (Å²) in [5.74, 6) is -0.193. The maximum atomic E-state index is 13.1. The second-order valence-electron chi connectivity index (χ2n) is 5.43. The van der Waals surface area contributed by atoms with Crippen molar-refractivity contribution in [3.05, 3.63) is 35.1 Å². The van der Waals surface area contributed by atoms with Crippen LogP contribution in [0.15, 0.2) is 18.2 Å². The van der Waals surface area contributed by atoms with Gasteiger partial charge in [0.1, 0.15) is 5.82 Å². The first kappa shape index (κ1) is 12.7. The fraction of sp³-hybridized carbons (Fsp3) is 0.538. The Morgan fingerprint density at radius 3 is 2.76 bits per heavy atom. The van der Waals surface area contributed by atoms with Crippen LogP contribution in [0.4, 0.5) is 4.39 Å². The van der Waals surface area contributed by atoms with Crippen LogP contribution in [0.3, 0.4) is 0 Å². The smallest absolute Gasteiger partial charge is 0.123 e. The third-order valence-corrected chi connectivity index (χ3v) is 4.60. The van der Waals surface area contributed by atoms with Crippen molar-refractivity contribution in [2.75, 3.05) is 0 Å². The van der Waals surface area contributed by atoms with Gasteiger partial charge in [0.05, 0.1) is 15.7 Å². The van der Waals surface area contributed by atoms with Gasteiger partial charge in [0.25, 0.3) is 0 Å². The molecule has 0 saturated heterocycles. The minimum Gasteiger partial charge on any atom is -0.242 e. The van der Waals surface area contributed by atoms with Crippen LogP contribution < -0.4 is 4.72 Å². The molecule has 0 radical (unpaired) electrons. The number of hydrogen-bond donors (Lipinski definition) is 1. The summed E-state index contributed by atoms with van der Waals surface area (Å²) in [4.78, 5) is 0. The fourth-order valence-electron chi connectivity index (χ4n) is 2.01. The van der Waals surface area contributed by atoms with Crippen molar-refractivity contribution in [1.82, 2.24) is 4.72 Å². The fourth-order valence-corrected chi connectivity index (χ4v) is 2.87. The van der Waals surface area contributed by atoms with Gasteiger partial charge < -0.3 is 0 Å². The van der Waals surface area contributed by atoms with Crippen LogP contribution in [0.5, 0.6) is 0 Å². The summed E-state index contributed by atoms with van der Waals surface area (Å²) in [6.07, 6.45) is 1.74. The van der Waals surface area contributed by atoms with Crippen molar-refractivity contribution in [2.24, 2.45) is 0 Å². The van der Waals surface area contributed by atoms with Crippen molar-refractivity contribution < 1.29 is 8.60 Å².